The van der Waals surface area contributed by atoms with Gasteiger partial charge in [-0.2, -0.15) is 0 Å². The van der Waals surface area contributed by atoms with E-state index in [1.165, 1.54) is 0 Å². The van der Waals surface area contributed by atoms with Crippen LogP contribution >= 0.6 is 15.9 Å². The summed E-state index contributed by atoms with van der Waals surface area (Å²) >= 11 is 3.23. The number of rotatable bonds is 4. The predicted molar refractivity (Wildman–Crippen MR) is 63.1 cm³/mol. The molecule has 86 valence electrons. The van der Waals surface area contributed by atoms with Gasteiger partial charge in [0.2, 0.25) is 0 Å². The molecule has 1 rings (SSSR count). The van der Waals surface area contributed by atoms with Gasteiger partial charge in [-0.3, -0.25) is 9.59 Å². The second-order valence-electron chi connectivity index (χ2n) is 3.13. The fourth-order valence-electron chi connectivity index (χ4n) is 1.12. The Bertz CT molecular complexity index is 421. The quantitative estimate of drug-likeness (QED) is 0.726. The number of hydrogen-bond acceptors (Lipinski definition) is 3. The van der Waals surface area contributed by atoms with E-state index in [4.69, 9.17) is 10.8 Å². The molecular formula is C10H11BrN2O3. The molecular weight excluding hydrogens is 276 g/mol. The molecule has 0 aliphatic carbocycles. The highest BCUT2D eigenvalue weighted by Crippen LogP contribution is 2.18. The molecule has 0 radical (unpaired) electrons. The molecule has 5 nitrogen and oxygen atoms in total. The summed E-state index contributed by atoms with van der Waals surface area (Å²) in [5, 5.41) is 10.9. The van der Waals surface area contributed by atoms with Crippen molar-refractivity contribution in [2.24, 2.45) is 0 Å². The molecule has 0 saturated heterocycles. The highest BCUT2D eigenvalue weighted by molar-refractivity contribution is 9.10. The number of nitrogens with two attached hydrogens (primary N) is 1. The standard InChI is InChI=1S/C10H11BrN2O3/c11-6-1-2-7(8(12)5-6)10(16)13-4-3-9(14)15/h1-2,5H,3-4,12H2,(H,13,16)(H,14,15). The zero-order chi connectivity index (χ0) is 12.1. The van der Waals surface area contributed by atoms with Gasteiger partial charge in [-0.05, 0) is 18.2 Å². The topological polar surface area (TPSA) is 92.4 Å². The Morgan fingerprint density at radius 2 is 2.12 bits per heavy atom. The van der Waals surface area contributed by atoms with Gasteiger partial charge in [-0.15, -0.1) is 0 Å². The zero-order valence-corrected chi connectivity index (χ0v) is 9.95. The first-order valence-electron chi connectivity index (χ1n) is 4.55. The Kier molecular flexibility index (Phi) is 4.30. The van der Waals surface area contributed by atoms with Crippen molar-refractivity contribution in [1.29, 1.82) is 0 Å². The van der Waals surface area contributed by atoms with Gasteiger partial charge in [-0.1, -0.05) is 15.9 Å². The van der Waals surface area contributed by atoms with E-state index in [2.05, 4.69) is 21.2 Å². The third kappa shape index (κ3) is 3.54. The van der Waals surface area contributed by atoms with E-state index in [1.54, 1.807) is 18.2 Å². The third-order valence-corrected chi connectivity index (χ3v) is 2.38. The number of carbonyl (C=O) groups excluding carboxylic acids is 1. The number of halogens is 1. The monoisotopic (exact) mass is 286 g/mol. The number of benzene rings is 1. The van der Waals surface area contributed by atoms with Crippen LogP contribution in [0.2, 0.25) is 0 Å². The molecule has 0 bridgehead atoms. The summed E-state index contributed by atoms with van der Waals surface area (Å²) in [5.74, 6) is -1.32. The Morgan fingerprint density at radius 3 is 2.69 bits per heavy atom. The molecule has 1 aromatic carbocycles. The van der Waals surface area contributed by atoms with E-state index in [9.17, 15) is 9.59 Å². The van der Waals surface area contributed by atoms with E-state index >= 15 is 0 Å². The smallest absolute Gasteiger partial charge is 0.305 e. The molecule has 0 aliphatic heterocycles. The van der Waals surface area contributed by atoms with Crippen molar-refractivity contribution in [3.63, 3.8) is 0 Å². The number of hydrogen-bond donors (Lipinski definition) is 3. The van der Waals surface area contributed by atoms with E-state index < -0.39 is 5.97 Å². The summed E-state index contributed by atoms with van der Waals surface area (Å²) in [6.07, 6.45) is -0.109. The lowest BCUT2D eigenvalue weighted by atomic mass is 10.1. The van der Waals surface area contributed by atoms with Crippen LogP contribution in [0.15, 0.2) is 22.7 Å². The Morgan fingerprint density at radius 1 is 1.44 bits per heavy atom. The SMILES string of the molecule is Nc1cc(Br)ccc1C(=O)NCCC(=O)O. The minimum absolute atomic E-state index is 0.0870. The van der Waals surface area contributed by atoms with Crippen LogP contribution in [0.1, 0.15) is 16.8 Å². The van der Waals surface area contributed by atoms with Gasteiger partial charge in [0.25, 0.3) is 5.91 Å². The number of amides is 1. The van der Waals surface area contributed by atoms with Gasteiger partial charge in [0.15, 0.2) is 0 Å². The van der Waals surface area contributed by atoms with Crippen molar-refractivity contribution >= 4 is 33.5 Å². The average molecular weight is 287 g/mol. The van der Waals surface area contributed by atoms with Crippen molar-refractivity contribution < 1.29 is 14.7 Å². The van der Waals surface area contributed by atoms with Crippen LogP contribution in [0, 0.1) is 0 Å². The van der Waals surface area contributed by atoms with Crippen LogP contribution in [0.25, 0.3) is 0 Å². The molecule has 4 N–H and O–H groups in total. The molecule has 1 amide bonds. The molecule has 0 aromatic heterocycles. The van der Waals surface area contributed by atoms with Crippen molar-refractivity contribution in [2.75, 3.05) is 12.3 Å². The van der Waals surface area contributed by atoms with Crippen molar-refractivity contribution in [3.8, 4) is 0 Å². The van der Waals surface area contributed by atoms with Crippen LogP contribution in [-0.4, -0.2) is 23.5 Å². The van der Waals surface area contributed by atoms with Gasteiger partial charge in [0, 0.05) is 16.7 Å². The van der Waals surface area contributed by atoms with Crippen molar-refractivity contribution in [2.45, 2.75) is 6.42 Å². The molecule has 0 aliphatic rings. The van der Waals surface area contributed by atoms with E-state index in [0.29, 0.717) is 11.3 Å². The highest BCUT2D eigenvalue weighted by atomic mass is 79.9. The van der Waals surface area contributed by atoms with E-state index in [1.807, 2.05) is 0 Å². The fourth-order valence-corrected chi connectivity index (χ4v) is 1.50. The summed E-state index contributed by atoms with van der Waals surface area (Å²) in [5.41, 5.74) is 6.34. The van der Waals surface area contributed by atoms with Crippen LogP contribution in [0.4, 0.5) is 5.69 Å². The number of carboxylic acids is 1. The number of nitrogen functional groups attached to an aromatic ring is 1. The number of carboxylic acid groups (broad SMARTS) is 1. The summed E-state index contributed by atoms with van der Waals surface area (Å²) in [7, 11) is 0. The minimum atomic E-state index is -0.955. The normalized spacial score (nSPS) is 9.81. The maximum Gasteiger partial charge on any atom is 0.305 e. The first-order valence-corrected chi connectivity index (χ1v) is 5.35. The van der Waals surface area contributed by atoms with E-state index in [0.717, 1.165) is 4.47 Å². The van der Waals surface area contributed by atoms with Crippen LogP contribution in [0.3, 0.4) is 0 Å². The van der Waals surface area contributed by atoms with Gasteiger partial charge >= 0.3 is 5.97 Å². The van der Waals surface area contributed by atoms with Crippen LogP contribution in [-0.2, 0) is 4.79 Å². The maximum atomic E-state index is 11.6. The van der Waals surface area contributed by atoms with E-state index in [-0.39, 0.29) is 18.9 Å². The molecule has 0 heterocycles. The molecule has 0 fully saturated rings. The molecule has 0 unspecified atom stereocenters. The predicted octanol–water partition coefficient (Wildman–Crippen LogP) is 1.24. The lowest BCUT2D eigenvalue weighted by Gasteiger charge is -2.06. The van der Waals surface area contributed by atoms with Gasteiger partial charge in [0.05, 0.1) is 12.0 Å². The first kappa shape index (κ1) is 12.5. The van der Waals surface area contributed by atoms with Crippen molar-refractivity contribution in [3.05, 3.63) is 28.2 Å². The summed E-state index contributed by atoms with van der Waals surface area (Å²) in [4.78, 5) is 21.8. The number of anilines is 1. The Balaban J connectivity index is 2.63. The van der Waals surface area contributed by atoms with Gasteiger partial charge in [-0.25, -0.2) is 0 Å². The van der Waals surface area contributed by atoms with Gasteiger partial charge < -0.3 is 16.2 Å². The molecule has 0 saturated carbocycles. The summed E-state index contributed by atoms with van der Waals surface area (Å²) in [6, 6.07) is 4.89. The number of nitrogens with one attached hydrogen (secondary N) is 1. The molecule has 6 heteroatoms. The maximum absolute atomic E-state index is 11.6. The summed E-state index contributed by atoms with van der Waals surface area (Å²) in [6.45, 7) is 0.0870. The Labute approximate surface area is 101 Å². The lowest BCUT2D eigenvalue weighted by Crippen LogP contribution is -2.26. The largest absolute Gasteiger partial charge is 0.481 e. The molecule has 0 spiro atoms. The third-order valence-electron chi connectivity index (χ3n) is 1.88. The highest BCUT2D eigenvalue weighted by Gasteiger charge is 2.09. The van der Waals surface area contributed by atoms with Crippen LogP contribution < -0.4 is 11.1 Å². The minimum Gasteiger partial charge on any atom is -0.481 e. The lowest BCUT2D eigenvalue weighted by molar-refractivity contribution is -0.136. The molecule has 0 atom stereocenters. The fraction of sp³-hybridized carbons (Fsp3) is 0.200. The zero-order valence-electron chi connectivity index (χ0n) is 8.37. The number of carbonyl (C=O) groups is 2. The first-order chi connectivity index (χ1) is 7.50. The van der Waals surface area contributed by atoms with Gasteiger partial charge in [0.1, 0.15) is 0 Å². The van der Waals surface area contributed by atoms with Crippen LogP contribution in [0.5, 0.6) is 0 Å². The summed E-state index contributed by atoms with van der Waals surface area (Å²) < 4.78 is 0.784. The molecule has 16 heavy (non-hydrogen) atoms. The second-order valence-corrected chi connectivity index (χ2v) is 4.05. The second kappa shape index (κ2) is 5.50. The molecule has 1 aromatic rings. The number of aliphatic carboxylic acids is 1. The Hall–Kier alpha value is -1.56. The van der Waals surface area contributed by atoms with Crippen molar-refractivity contribution in [1.82, 2.24) is 5.32 Å². The average Bonchev–Trinajstić information content (AvgIpc) is 2.16.